The molecule has 2 heterocycles. The van der Waals surface area contributed by atoms with Crippen LogP contribution in [0, 0.1) is 6.92 Å². The second-order valence-electron chi connectivity index (χ2n) is 5.52. The Labute approximate surface area is 146 Å². The zero-order chi connectivity index (χ0) is 17.1. The van der Waals surface area contributed by atoms with Crippen molar-refractivity contribution in [3.63, 3.8) is 0 Å². The molecule has 3 rings (SSSR count). The number of esters is 1. The summed E-state index contributed by atoms with van der Waals surface area (Å²) >= 11 is 6.42. The highest BCUT2D eigenvalue weighted by Gasteiger charge is 2.17. The van der Waals surface area contributed by atoms with Gasteiger partial charge in [-0.2, -0.15) is 0 Å². The second-order valence-corrected chi connectivity index (χ2v) is 5.91. The molecule has 24 heavy (non-hydrogen) atoms. The summed E-state index contributed by atoms with van der Waals surface area (Å²) in [5.41, 5.74) is 4.19. The highest BCUT2D eigenvalue weighted by molar-refractivity contribution is 6.30. The molecule has 0 saturated heterocycles. The molecule has 1 aromatic carbocycles. The first-order valence-corrected chi connectivity index (χ1v) is 8.20. The van der Waals surface area contributed by atoms with Gasteiger partial charge in [-0.25, -0.2) is 4.79 Å². The van der Waals surface area contributed by atoms with Crippen LogP contribution in [-0.4, -0.2) is 17.0 Å². The van der Waals surface area contributed by atoms with Gasteiger partial charge in [-0.3, -0.25) is 4.40 Å². The lowest BCUT2D eigenvalue weighted by molar-refractivity contribution is 0.0529. The van der Waals surface area contributed by atoms with Gasteiger partial charge in [0.15, 0.2) is 0 Å². The van der Waals surface area contributed by atoms with Crippen molar-refractivity contribution in [1.29, 1.82) is 0 Å². The van der Waals surface area contributed by atoms with Crippen LogP contribution in [0.3, 0.4) is 0 Å². The fraction of sp³-hybridized carbons (Fsp3) is 0.150. The van der Waals surface area contributed by atoms with Gasteiger partial charge in [-0.15, -0.1) is 0 Å². The number of nitrogens with zero attached hydrogens (tertiary/aromatic N) is 1. The lowest BCUT2D eigenvalue weighted by Crippen LogP contribution is -2.04. The zero-order valence-corrected chi connectivity index (χ0v) is 14.4. The van der Waals surface area contributed by atoms with Gasteiger partial charge in [0, 0.05) is 5.69 Å². The average Bonchev–Trinajstić information content (AvgIpc) is 2.93. The van der Waals surface area contributed by atoms with Crippen LogP contribution >= 0.6 is 11.6 Å². The van der Waals surface area contributed by atoms with Crippen molar-refractivity contribution in [3.8, 4) is 0 Å². The molecule has 0 aliphatic carbocycles. The number of aromatic nitrogens is 1. The Kier molecular flexibility index (Phi) is 4.72. The SMILES string of the molecule is CCOC(=O)c1cc(/C=C/c2ccccc2)n2c(Cl)cc(C)cc12. The average molecular weight is 340 g/mol. The molecule has 0 amide bonds. The molecule has 0 radical (unpaired) electrons. The van der Waals surface area contributed by atoms with Crippen LogP contribution in [0.5, 0.6) is 0 Å². The quantitative estimate of drug-likeness (QED) is 0.480. The molecular weight excluding hydrogens is 322 g/mol. The van der Waals surface area contributed by atoms with Crippen molar-refractivity contribution < 1.29 is 9.53 Å². The van der Waals surface area contributed by atoms with Gasteiger partial charge in [0.2, 0.25) is 0 Å². The molecule has 3 aromatic rings. The van der Waals surface area contributed by atoms with Crippen molar-refractivity contribution in [2.75, 3.05) is 6.61 Å². The number of hydrogen-bond acceptors (Lipinski definition) is 2. The number of ether oxygens (including phenoxy) is 1. The summed E-state index contributed by atoms with van der Waals surface area (Å²) in [6.07, 6.45) is 3.94. The number of fused-ring (bicyclic) bond motifs is 1. The second kappa shape index (κ2) is 6.93. The molecule has 3 nitrogen and oxygen atoms in total. The van der Waals surface area contributed by atoms with Crippen molar-refractivity contribution in [1.82, 2.24) is 4.40 Å². The minimum absolute atomic E-state index is 0.337. The van der Waals surface area contributed by atoms with E-state index in [0.717, 1.165) is 22.3 Å². The number of benzene rings is 1. The van der Waals surface area contributed by atoms with Crippen LogP contribution in [0.1, 0.15) is 34.1 Å². The summed E-state index contributed by atoms with van der Waals surface area (Å²) in [5.74, 6) is -0.337. The third kappa shape index (κ3) is 3.22. The van der Waals surface area contributed by atoms with Crippen LogP contribution in [0.15, 0.2) is 48.5 Å². The molecule has 0 aliphatic heterocycles. The number of halogens is 1. The van der Waals surface area contributed by atoms with E-state index in [0.29, 0.717) is 17.3 Å². The smallest absolute Gasteiger partial charge is 0.340 e. The molecule has 4 heteroatoms. The van der Waals surface area contributed by atoms with Crippen molar-refractivity contribution >= 4 is 35.2 Å². The summed E-state index contributed by atoms with van der Waals surface area (Å²) in [6, 6.07) is 15.6. The number of carbonyl (C=O) groups is 1. The van der Waals surface area contributed by atoms with E-state index in [1.165, 1.54) is 0 Å². The summed E-state index contributed by atoms with van der Waals surface area (Å²) in [4.78, 5) is 12.3. The molecule has 122 valence electrons. The number of aryl methyl sites for hydroxylation is 1. The molecule has 0 saturated carbocycles. The lowest BCUT2D eigenvalue weighted by atomic mass is 10.2. The Hall–Kier alpha value is -2.52. The monoisotopic (exact) mass is 339 g/mol. The van der Waals surface area contributed by atoms with Crippen molar-refractivity contribution in [2.45, 2.75) is 13.8 Å². The van der Waals surface area contributed by atoms with E-state index in [2.05, 4.69) is 0 Å². The maximum Gasteiger partial charge on any atom is 0.340 e. The topological polar surface area (TPSA) is 30.7 Å². The van der Waals surface area contributed by atoms with Crippen molar-refractivity contribution in [2.24, 2.45) is 0 Å². The van der Waals surface area contributed by atoms with Crippen molar-refractivity contribution in [3.05, 3.63) is 76.1 Å². The van der Waals surface area contributed by atoms with Crippen LogP contribution in [0.4, 0.5) is 0 Å². The van der Waals surface area contributed by atoms with E-state index >= 15 is 0 Å². The third-order valence-corrected chi connectivity index (χ3v) is 4.01. The molecule has 0 bridgehead atoms. The van der Waals surface area contributed by atoms with Gasteiger partial charge in [-0.1, -0.05) is 48.0 Å². The number of carbonyl (C=O) groups excluding carboxylic acids is 1. The molecule has 0 N–H and O–H groups in total. The predicted molar refractivity (Wildman–Crippen MR) is 98.5 cm³/mol. The van der Waals surface area contributed by atoms with Gasteiger partial charge in [0.25, 0.3) is 0 Å². The van der Waals surface area contributed by atoms with Gasteiger partial charge in [0.1, 0.15) is 5.15 Å². The van der Waals surface area contributed by atoms with Gasteiger partial charge < -0.3 is 4.74 Å². The Morgan fingerprint density at radius 2 is 1.92 bits per heavy atom. The largest absolute Gasteiger partial charge is 0.462 e. The number of hydrogen-bond donors (Lipinski definition) is 0. The molecule has 2 aromatic heterocycles. The molecular formula is C20H18ClNO2. The van der Waals surface area contributed by atoms with E-state index < -0.39 is 0 Å². The summed E-state index contributed by atoms with van der Waals surface area (Å²) in [6.45, 7) is 4.09. The number of pyridine rings is 1. The molecule has 0 aliphatic rings. The highest BCUT2D eigenvalue weighted by atomic mass is 35.5. The minimum Gasteiger partial charge on any atom is -0.462 e. The maximum absolute atomic E-state index is 12.3. The third-order valence-electron chi connectivity index (χ3n) is 3.73. The summed E-state index contributed by atoms with van der Waals surface area (Å²) < 4.78 is 7.03. The standard InChI is InChI=1S/C20H18ClNO2/c1-3-24-20(23)17-13-16(10-9-15-7-5-4-6-8-15)22-18(17)11-14(2)12-19(22)21/h4-13H,3H2,1-2H3/b10-9+. The Morgan fingerprint density at radius 3 is 2.62 bits per heavy atom. The first-order valence-electron chi connectivity index (χ1n) is 7.82. The Balaban J connectivity index is 2.14. The fourth-order valence-electron chi connectivity index (χ4n) is 2.68. The Morgan fingerprint density at radius 1 is 1.17 bits per heavy atom. The normalized spacial score (nSPS) is 11.3. The fourth-order valence-corrected chi connectivity index (χ4v) is 3.04. The Bertz CT molecular complexity index is 910. The highest BCUT2D eigenvalue weighted by Crippen LogP contribution is 2.26. The van der Waals surface area contributed by atoms with Crippen LogP contribution in [-0.2, 0) is 4.74 Å². The van der Waals surface area contributed by atoms with E-state index in [1.807, 2.05) is 72.0 Å². The van der Waals surface area contributed by atoms with Gasteiger partial charge in [-0.05, 0) is 49.2 Å². The number of rotatable bonds is 4. The van der Waals surface area contributed by atoms with Gasteiger partial charge >= 0.3 is 5.97 Å². The van der Waals surface area contributed by atoms with E-state index in [1.54, 1.807) is 6.92 Å². The van der Waals surface area contributed by atoms with Crippen LogP contribution in [0.2, 0.25) is 5.15 Å². The van der Waals surface area contributed by atoms with E-state index in [9.17, 15) is 4.79 Å². The summed E-state index contributed by atoms with van der Waals surface area (Å²) in [5, 5.41) is 0.563. The minimum atomic E-state index is -0.337. The van der Waals surface area contributed by atoms with Crippen LogP contribution < -0.4 is 0 Å². The van der Waals surface area contributed by atoms with Gasteiger partial charge in [0.05, 0.1) is 17.7 Å². The zero-order valence-electron chi connectivity index (χ0n) is 13.6. The van der Waals surface area contributed by atoms with E-state index in [-0.39, 0.29) is 5.97 Å². The molecule has 0 atom stereocenters. The lowest BCUT2D eigenvalue weighted by Gasteiger charge is -2.05. The first kappa shape index (κ1) is 16.3. The molecule has 0 fully saturated rings. The molecule has 0 unspecified atom stereocenters. The van der Waals surface area contributed by atoms with E-state index in [4.69, 9.17) is 16.3 Å². The summed E-state index contributed by atoms with van der Waals surface area (Å²) in [7, 11) is 0. The molecule has 0 spiro atoms. The maximum atomic E-state index is 12.3. The van der Waals surface area contributed by atoms with Crippen LogP contribution in [0.25, 0.3) is 17.7 Å². The first-order chi connectivity index (χ1) is 11.6. The predicted octanol–water partition coefficient (Wildman–Crippen LogP) is 5.25.